The Bertz CT molecular complexity index is 244. The zero-order valence-corrected chi connectivity index (χ0v) is 8.59. The number of hydrogen-bond acceptors (Lipinski definition) is 2. The highest BCUT2D eigenvalue weighted by Crippen LogP contribution is 2.11. The van der Waals surface area contributed by atoms with Crippen LogP contribution in [0.2, 0.25) is 0 Å². The van der Waals surface area contributed by atoms with Crippen molar-refractivity contribution < 1.29 is 4.79 Å². The first-order chi connectivity index (χ1) is 4.72. The molecule has 0 aromatic carbocycles. The van der Waals surface area contributed by atoms with Gasteiger partial charge < -0.3 is 0 Å². The average Bonchev–Trinajstić information content (AvgIpc) is 1.85. The Morgan fingerprint density at radius 1 is 1.60 bits per heavy atom. The van der Waals surface area contributed by atoms with Gasteiger partial charge in [-0.1, -0.05) is 0 Å². The third-order valence-corrected chi connectivity index (χ3v) is 1.88. The van der Waals surface area contributed by atoms with Gasteiger partial charge >= 0.3 is 0 Å². The summed E-state index contributed by atoms with van der Waals surface area (Å²) in [7, 11) is 0. The van der Waals surface area contributed by atoms with Gasteiger partial charge in [0.05, 0.1) is 0 Å². The number of aromatic nitrogens is 1. The van der Waals surface area contributed by atoms with Crippen LogP contribution in [0.1, 0.15) is 10.4 Å². The van der Waals surface area contributed by atoms with Crippen molar-refractivity contribution in [3.05, 3.63) is 26.0 Å². The van der Waals surface area contributed by atoms with E-state index in [4.69, 9.17) is 0 Å². The van der Waals surface area contributed by atoms with E-state index in [-0.39, 0.29) is 0 Å². The zero-order valence-electron chi connectivity index (χ0n) is 4.84. The molecule has 1 aromatic rings. The van der Waals surface area contributed by atoms with Crippen molar-refractivity contribution in [3.63, 3.8) is 0 Å². The van der Waals surface area contributed by atoms with E-state index in [1.807, 2.05) is 0 Å². The second kappa shape index (κ2) is 3.43. The molecule has 2 nitrogen and oxygen atoms in total. The van der Waals surface area contributed by atoms with E-state index in [0.29, 0.717) is 10.2 Å². The monoisotopic (exact) mass is 311 g/mol. The molecule has 0 fully saturated rings. The van der Waals surface area contributed by atoms with E-state index in [2.05, 4.69) is 43.5 Å². The van der Waals surface area contributed by atoms with E-state index in [1.165, 1.54) is 0 Å². The quantitative estimate of drug-likeness (QED) is 0.452. The molecule has 0 N–H and O–H groups in total. The maximum atomic E-state index is 10.3. The lowest BCUT2D eigenvalue weighted by Crippen LogP contribution is -1.86. The molecule has 0 spiro atoms. The second-order valence-electron chi connectivity index (χ2n) is 1.66. The van der Waals surface area contributed by atoms with Gasteiger partial charge in [0.2, 0.25) is 0 Å². The Labute approximate surface area is 80.3 Å². The summed E-state index contributed by atoms with van der Waals surface area (Å²) in [6.45, 7) is 0. The van der Waals surface area contributed by atoms with Crippen LogP contribution < -0.4 is 0 Å². The van der Waals surface area contributed by atoms with Crippen molar-refractivity contribution in [3.8, 4) is 0 Å². The van der Waals surface area contributed by atoms with Gasteiger partial charge in [0.25, 0.3) is 0 Å². The summed E-state index contributed by atoms with van der Waals surface area (Å²) in [5.74, 6) is 0. The molecule has 1 rings (SSSR count). The van der Waals surface area contributed by atoms with Gasteiger partial charge in [-0.15, -0.1) is 0 Å². The Hall–Kier alpha value is 0.0300. The van der Waals surface area contributed by atoms with E-state index < -0.39 is 0 Å². The fourth-order valence-corrected chi connectivity index (χ4v) is 1.96. The van der Waals surface area contributed by atoms with Crippen LogP contribution >= 0.6 is 38.5 Å². The van der Waals surface area contributed by atoms with Crippen LogP contribution in [0.3, 0.4) is 0 Å². The molecule has 4 heteroatoms. The summed E-state index contributed by atoms with van der Waals surface area (Å²) in [6, 6.07) is 3.40. The van der Waals surface area contributed by atoms with Crippen LogP contribution in [0.25, 0.3) is 0 Å². The van der Waals surface area contributed by atoms with Crippen molar-refractivity contribution in [2.75, 3.05) is 0 Å². The molecule has 52 valence electrons. The molecule has 10 heavy (non-hydrogen) atoms. The zero-order chi connectivity index (χ0) is 7.56. The number of halogens is 2. The molecule has 0 amide bonds. The highest BCUT2D eigenvalue weighted by molar-refractivity contribution is 14.1. The summed E-state index contributed by atoms with van der Waals surface area (Å²) < 4.78 is 1.51. The first-order valence-electron chi connectivity index (χ1n) is 2.50. The van der Waals surface area contributed by atoms with Crippen molar-refractivity contribution in [2.45, 2.75) is 0 Å². The summed E-state index contributed by atoms with van der Waals surface area (Å²) in [5.41, 5.74) is 0.645. The van der Waals surface area contributed by atoms with Crippen molar-refractivity contribution in [2.24, 2.45) is 0 Å². The van der Waals surface area contributed by atoms with Crippen LogP contribution in [0.4, 0.5) is 0 Å². The van der Waals surface area contributed by atoms with Gasteiger partial charge in [-0.05, 0) is 50.7 Å². The summed E-state index contributed by atoms with van der Waals surface area (Å²) in [4.78, 5) is 14.3. The molecular formula is C6H3BrINO. The Morgan fingerprint density at radius 3 is 2.80 bits per heavy atom. The molecular weight excluding hydrogens is 309 g/mol. The smallest absolute Gasteiger partial charge is 0.150 e. The molecule has 1 heterocycles. The third-order valence-electron chi connectivity index (χ3n) is 0.921. The lowest BCUT2D eigenvalue weighted by molar-refractivity contribution is 0.112. The molecule has 0 aliphatic heterocycles. The van der Waals surface area contributed by atoms with Crippen molar-refractivity contribution in [1.29, 1.82) is 0 Å². The van der Waals surface area contributed by atoms with Gasteiger partial charge in [0.15, 0.2) is 0 Å². The van der Waals surface area contributed by atoms with Gasteiger partial charge in [0, 0.05) is 5.56 Å². The number of hydrogen-bond donors (Lipinski definition) is 0. The average molecular weight is 312 g/mol. The van der Waals surface area contributed by atoms with Gasteiger partial charge in [-0.3, -0.25) is 4.79 Å². The highest BCUT2D eigenvalue weighted by atomic mass is 127. The molecule has 0 bridgehead atoms. The maximum Gasteiger partial charge on any atom is 0.150 e. The van der Waals surface area contributed by atoms with Gasteiger partial charge in [0.1, 0.15) is 14.6 Å². The number of aldehydes is 1. The Morgan fingerprint density at radius 2 is 2.30 bits per heavy atom. The van der Waals surface area contributed by atoms with Crippen LogP contribution in [-0.4, -0.2) is 11.3 Å². The topological polar surface area (TPSA) is 30.0 Å². The minimum atomic E-state index is 0.645. The molecule has 1 aromatic heterocycles. The number of carbonyl (C=O) groups excluding carboxylic acids is 1. The predicted octanol–water partition coefficient (Wildman–Crippen LogP) is 2.26. The number of pyridine rings is 1. The van der Waals surface area contributed by atoms with Gasteiger partial charge in [-0.2, -0.15) is 0 Å². The summed E-state index contributed by atoms with van der Waals surface area (Å²) in [6.07, 6.45) is 0.800. The van der Waals surface area contributed by atoms with E-state index in [0.717, 1.165) is 9.99 Å². The molecule has 0 atom stereocenters. The van der Waals surface area contributed by atoms with Gasteiger partial charge in [-0.25, -0.2) is 4.98 Å². The second-order valence-corrected chi connectivity index (χ2v) is 3.58. The molecule has 0 saturated carbocycles. The van der Waals surface area contributed by atoms with Crippen LogP contribution in [-0.2, 0) is 0 Å². The lowest BCUT2D eigenvalue weighted by Gasteiger charge is -1.92. The largest absolute Gasteiger partial charge is 0.298 e. The molecule has 0 radical (unpaired) electrons. The van der Waals surface area contributed by atoms with E-state index >= 15 is 0 Å². The first kappa shape index (κ1) is 8.13. The fourth-order valence-electron chi connectivity index (χ4n) is 0.551. The molecule has 0 unspecified atom stereocenters. The molecule has 0 saturated heterocycles. The predicted molar refractivity (Wildman–Crippen MR) is 50.0 cm³/mol. The van der Waals surface area contributed by atoms with E-state index in [1.54, 1.807) is 12.1 Å². The number of rotatable bonds is 1. The number of carbonyl (C=O) groups is 1. The fraction of sp³-hybridized carbons (Fsp3) is 0. The molecule has 0 aliphatic rings. The minimum absolute atomic E-state index is 0.645. The maximum absolute atomic E-state index is 10.3. The first-order valence-corrected chi connectivity index (χ1v) is 4.38. The number of nitrogens with zero attached hydrogens (tertiary/aromatic N) is 1. The molecule has 0 aliphatic carbocycles. The lowest BCUT2D eigenvalue weighted by atomic mass is 10.3. The Kier molecular flexibility index (Phi) is 2.79. The van der Waals surface area contributed by atoms with Crippen LogP contribution in [0.15, 0.2) is 16.7 Å². The van der Waals surface area contributed by atoms with Crippen LogP contribution in [0.5, 0.6) is 0 Å². The SMILES string of the molecule is O=Cc1cc(Br)nc(I)c1. The normalized spacial score (nSPS) is 9.40. The minimum Gasteiger partial charge on any atom is -0.298 e. The summed E-state index contributed by atoms with van der Waals surface area (Å²) in [5, 5.41) is 0. The van der Waals surface area contributed by atoms with Crippen molar-refractivity contribution >= 4 is 44.8 Å². The standard InChI is InChI=1S/C6H3BrINO/c7-5-1-4(3-10)2-6(8)9-5/h1-3H. The van der Waals surface area contributed by atoms with E-state index in [9.17, 15) is 4.79 Å². The Balaban J connectivity index is 3.18. The summed E-state index contributed by atoms with van der Waals surface area (Å²) >= 11 is 5.23. The van der Waals surface area contributed by atoms with Crippen molar-refractivity contribution in [1.82, 2.24) is 4.98 Å². The van der Waals surface area contributed by atoms with Crippen LogP contribution in [0, 0.1) is 3.70 Å². The third kappa shape index (κ3) is 2.02. The highest BCUT2D eigenvalue weighted by Gasteiger charge is 1.95.